The Bertz CT molecular complexity index is 396. The van der Waals surface area contributed by atoms with Crippen LogP contribution in [0, 0.1) is 6.92 Å². The molecule has 2 aliphatic rings. The van der Waals surface area contributed by atoms with Crippen molar-refractivity contribution in [2.45, 2.75) is 18.8 Å². The lowest BCUT2D eigenvalue weighted by Gasteiger charge is -2.23. The van der Waals surface area contributed by atoms with Gasteiger partial charge in [-0.1, -0.05) is 17.7 Å². The molecule has 1 atom stereocenters. The molecule has 80 valence electrons. The van der Waals surface area contributed by atoms with Gasteiger partial charge in [0.1, 0.15) is 0 Å². The summed E-state index contributed by atoms with van der Waals surface area (Å²) in [7, 11) is 2.22. The fraction of sp³-hybridized carbons (Fsp3) is 0.538. The second kappa shape index (κ2) is 2.99. The molecule has 0 amide bonds. The highest BCUT2D eigenvalue weighted by atomic mass is 15.1. The van der Waals surface area contributed by atoms with Crippen molar-refractivity contribution in [2.75, 3.05) is 32.0 Å². The number of nitrogens with zero attached hydrogens (tertiary/aromatic N) is 1. The van der Waals surface area contributed by atoms with Crippen molar-refractivity contribution in [2.24, 2.45) is 0 Å². The van der Waals surface area contributed by atoms with E-state index < -0.39 is 0 Å². The van der Waals surface area contributed by atoms with Gasteiger partial charge in [-0.2, -0.15) is 0 Å². The number of hydrogen-bond donors (Lipinski definition) is 1. The molecule has 1 aromatic carbocycles. The number of nitrogens with one attached hydrogen (secondary N) is 1. The van der Waals surface area contributed by atoms with E-state index in [1.807, 2.05) is 0 Å². The van der Waals surface area contributed by atoms with Crippen LogP contribution >= 0.6 is 0 Å². The first kappa shape index (κ1) is 9.22. The molecule has 2 heterocycles. The van der Waals surface area contributed by atoms with Crippen molar-refractivity contribution in [3.63, 3.8) is 0 Å². The van der Waals surface area contributed by atoms with Crippen molar-refractivity contribution in [3.8, 4) is 0 Å². The Hall–Kier alpha value is -1.02. The fourth-order valence-corrected chi connectivity index (χ4v) is 3.05. The number of likely N-dealkylation sites (tertiary alicyclic amines) is 1. The van der Waals surface area contributed by atoms with E-state index in [0.717, 1.165) is 6.54 Å². The molecule has 0 aliphatic carbocycles. The normalized spacial score (nSPS) is 29.5. The number of benzene rings is 1. The van der Waals surface area contributed by atoms with Gasteiger partial charge in [0.2, 0.25) is 0 Å². The molecule has 0 saturated carbocycles. The van der Waals surface area contributed by atoms with E-state index in [0.29, 0.717) is 5.41 Å². The van der Waals surface area contributed by atoms with Gasteiger partial charge in [-0.15, -0.1) is 0 Å². The van der Waals surface area contributed by atoms with Gasteiger partial charge < -0.3 is 10.2 Å². The molecule has 1 unspecified atom stereocenters. The summed E-state index contributed by atoms with van der Waals surface area (Å²) >= 11 is 0. The summed E-state index contributed by atoms with van der Waals surface area (Å²) in [5, 5.41) is 3.55. The van der Waals surface area contributed by atoms with Crippen LogP contribution in [0.25, 0.3) is 0 Å². The summed E-state index contributed by atoms with van der Waals surface area (Å²) < 4.78 is 0. The van der Waals surface area contributed by atoms with Crippen LogP contribution in [0.15, 0.2) is 18.2 Å². The SMILES string of the molecule is Cc1ccc2c(c1)C1(CCN(C)C1)CN2. The Morgan fingerprint density at radius 1 is 1.40 bits per heavy atom. The second-order valence-electron chi connectivity index (χ2n) is 5.17. The van der Waals surface area contributed by atoms with Crippen molar-refractivity contribution in [1.29, 1.82) is 0 Å². The molecule has 1 aromatic rings. The van der Waals surface area contributed by atoms with Crippen molar-refractivity contribution >= 4 is 5.69 Å². The summed E-state index contributed by atoms with van der Waals surface area (Å²) in [6.45, 7) is 5.74. The summed E-state index contributed by atoms with van der Waals surface area (Å²) in [4.78, 5) is 2.44. The van der Waals surface area contributed by atoms with Crippen LogP contribution in [-0.2, 0) is 5.41 Å². The Balaban J connectivity index is 2.07. The number of likely N-dealkylation sites (N-methyl/N-ethyl adjacent to an activating group) is 1. The second-order valence-corrected chi connectivity index (χ2v) is 5.17. The predicted octanol–water partition coefficient (Wildman–Crippen LogP) is 1.99. The standard InChI is InChI=1S/C13H18N2/c1-10-3-4-12-11(7-10)13(8-14-12)5-6-15(2)9-13/h3-4,7,14H,5-6,8-9H2,1-2H3. The molecule has 2 nitrogen and oxygen atoms in total. The first-order chi connectivity index (χ1) is 7.20. The highest BCUT2D eigenvalue weighted by Crippen LogP contribution is 2.43. The van der Waals surface area contributed by atoms with Gasteiger partial charge in [-0.3, -0.25) is 0 Å². The first-order valence-corrected chi connectivity index (χ1v) is 5.73. The van der Waals surface area contributed by atoms with Crippen molar-refractivity contribution < 1.29 is 0 Å². The zero-order valence-corrected chi connectivity index (χ0v) is 9.51. The molecule has 15 heavy (non-hydrogen) atoms. The van der Waals surface area contributed by atoms with Gasteiger partial charge in [0.05, 0.1) is 0 Å². The minimum absolute atomic E-state index is 0.399. The van der Waals surface area contributed by atoms with E-state index in [9.17, 15) is 0 Å². The van der Waals surface area contributed by atoms with Crippen LogP contribution in [0.4, 0.5) is 5.69 Å². The van der Waals surface area contributed by atoms with Crippen LogP contribution in [0.3, 0.4) is 0 Å². The highest BCUT2D eigenvalue weighted by Gasteiger charge is 2.43. The summed E-state index contributed by atoms with van der Waals surface area (Å²) in [5.74, 6) is 0. The van der Waals surface area contributed by atoms with Crippen LogP contribution in [0.1, 0.15) is 17.5 Å². The Morgan fingerprint density at radius 3 is 3.00 bits per heavy atom. The molecule has 0 aromatic heterocycles. The molecular formula is C13H18N2. The minimum atomic E-state index is 0.399. The Kier molecular flexibility index (Phi) is 1.84. The van der Waals surface area contributed by atoms with E-state index in [1.165, 1.54) is 30.8 Å². The van der Waals surface area contributed by atoms with Gasteiger partial charge in [0.25, 0.3) is 0 Å². The first-order valence-electron chi connectivity index (χ1n) is 5.73. The molecule has 2 heteroatoms. The molecule has 1 N–H and O–H groups in total. The Labute approximate surface area is 91.3 Å². The zero-order valence-electron chi connectivity index (χ0n) is 9.51. The fourth-order valence-electron chi connectivity index (χ4n) is 3.05. The number of rotatable bonds is 0. The maximum Gasteiger partial charge on any atom is 0.0380 e. The third kappa shape index (κ3) is 1.28. The predicted molar refractivity (Wildman–Crippen MR) is 63.5 cm³/mol. The van der Waals surface area contributed by atoms with Crippen LogP contribution in [-0.4, -0.2) is 31.6 Å². The van der Waals surface area contributed by atoms with Gasteiger partial charge in [0.15, 0.2) is 0 Å². The van der Waals surface area contributed by atoms with E-state index in [-0.39, 0.29) is 0 Å². The molecule has 1 spiro atoms. The van der Waals surface area contributed by atoms with Gasteiger partial charge in [-0.05, 0) is 38.6 Å². The van der Waals surface area contributed by atoms with E-state index in [1.54, 1.807) is 5.56 Å². The number of aryl methyl sites for hydroxylation is 1. The third-order valence-electron chi connectivity index (χ3n) is 3.91. The molecular weight excluding hydrogens is 184 g/mol. The highest BCUT2D eigenvalue weighted by molar-refractivity contribution is 5.62. The van der Waals surface area contributed by atoms with Crippen LogP contribution in [0.5, 0.6) is 0 Å². The maximum atomic E-state index is 3.55. The summed E-state index contributed by atoms with van der Waals surface area (Å²) in [6, 6.07) is 6.80. The smallest absolute Gasteiger partial charge is 0.0380 e. The molecule has 2 aliphatic heterocycles. The number of anilines is 1. The lowest BCUT2D eigenvalue weighted by molar-refractivity contribution is 0.381. The van der Waals surface area contributed by atoms with Gasteiger partial charge in [-0.25, -0.2) is 0 Å². The molecule has 0 bridgehead atoms. The van der Waals surface area contributed by atoms with Crippen LogP contribution in [0.2, 0.25) is 0 Å². The average molecular weight is 202 g/mol. The lowest BCUT2D eigenvalue weighted by atomic mass is 9.81. The van der Waals surface area contributed by atoms with E-state index >= 15 is 0 Å². The number of hydrogen-bond acceptors (Lipinski definition) is 2. The van der Waals surface area contributed by atoms with Crippen molar-refractivity contribution in [3.05, 3.63) is 29.3 Å². The summed E-state index contributed by atoms with van der Waals surface area (Å²) in [5.41, 5.74) is 4.69. The van der Waals surface area contributed by atoms with E-state index in [4.69, 9.17) is 0 Å². The molecule has 1 saturated heterocycles. The minimum Gasteiger partial charge on any atom is -0.384 e. The monoisotopic (exact) mass is 202 g/mol. The van der Waals surface area contributed by atoms with Gasteiger partial charge >= 0.3 is 0 Å². The molecule has 3 rings (SSSR count). The maximum absolute atomic E-state index is 3.55. The Morgan fingerprint density at radius 2 is 2.27 bits per heavy atom. The topological polar surface area (TPSA) is 15.3 Å². The largest absolute Gasteiger partial charge is 0.384 e. The third-order valence-corrected chi connectivity index (χ3v) is 3.91. The lowest BCUT2D eigenvalue weighted by Crippen LogP contribution is -2.31. The van der Waals surface area contributed by atoms with Crippen LogP contribution < -0.4 is 5.32 Å². The molecule has 1 fully saturated rings. The van der Waals surface area contributed by atoms with E-state index in [2.05, 4.69) is 42.4 Å². The molecule has 0 radical (unpaired) electrons. The summed E-state index contributed by atoms with van der Waals surface area (Å²) in [6.07, 6.45) is 1.30. The number of fused-ring (bicyclic) bond motifs is 2. The quantitative estimate of drug-likeness (QED) is 0.692. The zero-order chi connectivity index (χ0) is 10.5. The average Bonchev–Trinajstić information content (AvgIpc) is 2.74. The van der Waals surface area contributed by atoms with Crippen molar-refractivity contribution in [1.82, 2.24) is 4.90 Å². The van der Waals surface area contributed by atoms with Gasteiger partial charge in [0, 0.05) is 24.2 Å².